The topological polar surface area (TPSA) is 24.5 Å². The molecule has 0 aromatic rings. The Morgan fingerprint density at radius 3 is 2.26 bits per heavy atom. The van der Waals surface area contributed by atoms with E-state index in [0.717, 1.165) is 12.8 Å². The van der Waals surface area contributed by atoms with Gasteiger partial charge in [0.1, 0.15) is 0 Å². The largest absolute Gasteiger partial charge is 0.375 e. The Kier molecular flexibility index (Phi) is 7.96. The van der Waals surface area contributed by atoms with Gasteiger partial charge in [-0.15, -0.1) is 0 Å². The molecule has 0 aromatic heterocycles. The van der Waals surface area contributed by atoms with Gasteiger partial charge in [-0.3, -0.25) is 0 Å². The summed E-state index contributed by atoms with van der Waals surface area (Å²) in [5.41, 5.74) is 0. The zero-order valence-electron chi connectivity index (χ0n) is 13.6. The number of rotatable bonds is 8. The van der Waals surface area contributed by atoms with Crippen molar-refractivity contribution in [3.05, 3.63) is 0 Å². The predicted molar refractivity (Wildman–Crippen MR) is 82.7 cm³/mol. The first-order valence-electron chi connectivity index (χ1n) is 8.18. The molecule has 1 aliphatic rings. The maximum absolute atomic E-state index is 5.79. The van der Waals surface area contributed by atoms with Crippen molar-refractivity contribution in [3.8, 4) is 0 Å². The van der Waals surface area contributed by atoms with Crippen LogP contribution in [0.3, 0.4) is 0 Å². The number of hydrogen-bond donors (Lipinski definition) is 1. The van der Waals surface area contributed by atoms with E-state index in [1.165, 1.54) is 32.5 Å². The Bertz CT molecular complexity index is 221. The molecular formula is C16H34N2O. The maximum atomic E-state index is 5.79. The second-order valence-electron chi connectivity index (χ2n) is 6.16. The lowest BCUT2D eigenvalue weighted by Gasteiger charge is -2.34. The minimum atomic E-state index is 0.407. The lowest BCUT2D eigenvalue weighted by molar-refractivity contribution is -0.0434. The van der Waals surface area contributed by atoms with Crippen LogP contribution in [-0.2, 0) is 4.74 Å². The van der Waals surface area contributed by atoms with Gasteiger partial charge in [-0.05, 0) is 66.1 Å². The monoisotopic (exact) mass is 270 g/mol. The quantitative estimate of drug-likeness (QED) is 0.734. The van der Waals surface area contributed by atoms with Crippen LogP contribution in [0.1, 0.15) is 60.3 Å². The molecule has 3 nitrogen and oxygen atoms in total. The average molecular weight is 270 g/mol. The Balaban J connectivity index is 2.18. The highest BCUT2D eigenvalue weighted by atomic mass is 16.5. The molecule has 0 amide bonds. The van der Waals surface area contributed by atoms with Gasteiger partial charge in [0.05, 0.1) is 12.2 Å². The molecule has 1 rings (SSSR count). The molecule has 0 aliphatic carbocycles. The zero-order chi connectivity index (χ0) is 14.3. The SMILES string of the molecule is CCN(CC)CCCC(C)NC1CC(C)OC(C)C1. The Labute approximate surface area is 120 Å². The van der Waals surface area contributed by atoms with Crippen molar-refractivity contribution < 1.29 is 4.74 Å². The normalized spacial score (nSPS) is 29.7. The van der Waals surface area contributed by atoms with Gasteiger partial charge in [0.15, 0.2) is 0 Å². The van der Waals surface area contributed by atoms with Crippen molar-refractivity contribution in [2.24, 2.45) is 0 Å². The third-order valence-corrected chi connectivity index (χ3v) is 4.22. The van der Waals surface area contributed by atoms with Gasteiger partial charge in [0.25, 0.3) is 0 Å². The summed E-state index contributed by atoms with van der Waals surface area (Å²) in [6.07, 6.45) is 5.70. The molecule has 19 heavy (non-hydrogen) atoms. The van der Waals surface area contributed by atoms with E-state index in [1.54, 1.807) is 0 Å². The van der Waals surface area contributed by atoms with E-state index >= 15 is 0 Å². The van der Waals surface area contributed by atoms with Crippen LogP contribution in [0.25, 0.3) is 0 Å². The molecular weight excluding hydrogens is 236 g/mol. The summed E-state index contributed by atoms with van der Waals surface area (Å²) >= 11 is 0. The van der Waals surface area contributed by atoms with Crippen molar-refractivity contribution in [2.75, 3.05) is 19.6 Å². The lowest BCUT2D eigenvalue weighted by atomic mass is 9.98. The van der Waals surface area contributed by atoms with E-state index in [9.17, 15) is 0 Å². The molecule has 3 unspecified atom stereocenters. The van der Waals surface area contributed by atoms with Crippen molar-refractivity contribution in [3.63, 3.8) is 0 Å². The minimum absolute atomic E-state index is 0.407. The molecule has 0 aromatic carbocycles. The zero-order valence-corrected chi connectivity index (χ0v) is 13.6. The Morgan fingerprint density at radius 1 is 1.16 bits per heavy atom. The number of ether oxygens (including phenoxy) is 1. The first-order valence-corrected chi connectivity index (χ1v) is 8.18. The molecule has 1 fully saturated rings. The van der Waals surface area contributed by atoms with Gasteiger partial charge in [0.2, 0.25) is 0 Å². The van der Waals surface area contributed by atoms with Gasteiger partial charge in [-0.1, -0.05) is 13.8 Å². The van der Waals surface area contributed by atoms with Gasteiger partial charge < -0.3 is 15.0 Å². The summed E-state index contributed by atoms with van der Waals surface area (Å²) in [5, 5.41) is 3.79. The minimum Gasteiger partial charge on any atom is -0.375 e. The van der Waals surface area contributed by atoms with Gasteiger partial charge >= 0.3 is 0 Å². The summed E-state index contributed by atoms with van der Waals surface area (Å²) < 4.78 is 5.79. The molecule has 1 N–H and O–H groups in total. The fourth-order valence-electron chi connectivity index (χ4n) is 3.19. The van der Waals surface area contributed by atoms with Crippen molar-refractivity contribution in [2.45, 2.75) is 84.6 Å². The van der Waals surface area contributed by atoms with Crippen LogP contribution in [-0.4, -0.2) is 48.8 Å². The predicted octanol–water partition coefficient (Wildman–Crippen LogP) is 3.04. The number of nitrogens with zero attached hydrogens (tertiary/aromatic N) is 1. The third-order valence-electron chi connectivity index (χ3n) is 4.22. The second-order valence-corrected chi connectivity index (χ2v) is 6.16. The van der Waals surface area contributed by atoms with E-state index in [-0.39, 0.29) is 0 Å². The Hall–Kier alpha value is -0.120. The van der Waals surface area contributed by atoms with Crippen molar-refractivity contribution in [1.29, 1.82) is 0 Å². The third kappa shape index (κ3) is 6.73. The molecule has 114 valence electrons. The van der Waals surface area contributed by atoms with Crippen LogP contribution in [0.5, 0.6) is 0 Å². The van der Waals surface area contributed by atoms with Gasteiger partial charge in [-0.25, -0.2) is 0 Å². The molecule has 1 aliphatic heterocycles. The summed E-state index contributed by atoms with van der Waals surface area (Å²) in [6.45, 7) is 14.8. The standard InChI is InChI=1S/C16H34N2O/c1-6-18(7-2)10-8-9-13(3)17-16-11-14(4)19-15(5)12-16/h13-17H,6-12H2,1-5H3. The molecule has 3 atom stereocenters. The van der Waals surface area contributed by atoms with Crippen molar-refractivity contribution in [1.82, 2.24) is 10.2 Å². The maximum Gasteiger partial charge on any atom is 0.0565 e. The fraction of sp³-hybridized carbons (Fsp3) is 1.00. The molecule has 0 saturated carbocycles. The van der Waals surface area contributed by atoms with E-state index in [2.05, 4.69) is 44.8 Å². The second kappa shape index (κ2) is 8.93. The van der Waals surface area contributed by atoms with E-state index < -0.39 is 0 Å². The summed E-state index contributed by atoms with van der Waals surface area (Å²) in [5.74, 6) is 0. The molecule has 1 heterocycles. The highest BCUT2D eigenvalue weighted by Crippen LogP contribution is 2.19. The molecule has 0 bridgehead atoms. The summed E-state index contributed by atoms with van der Waals surface area (Å²) in [7, 11) is 0. The van der Waals surface area contributed by atoms with Crippen LogP contribution in [0, 0.1) is 0 Å². The van der Waals surface area contributed by atoms with E-state index in [1.807, 2.05) is 0 Å². The highest BCUT2D eigenvalue weighted by molar-refractivity contribution is 4.80. The molecule has 3 heteroatoms. The number of hydrogen-bond acceptors (Lipinski definition) is 3. The molecule has 0 spiro atoms. The van der Waals surface area contributed by atoms with Crippen LogP contribution >= 0.6 is 0 Å². The average Bonchev–Trinajstić information content (AvgIpc) is 2.33. The van der Waals surface area contributed by atoms with E-state index in [4.69, 9.17) is 4.74 Å². The van der Waals surface area contributed by atoms with Crippen LogP contribution in [0.2, 0.25) is 0 Å². The first kappa shape index (κ1) is 16.9. The van der Waals surface area contributed by atoms with Gasteiger partial charge in [-0.2, -0.15) is 0 Å². The van der Waals surface area contributed by atoms with Crippen LogP contribution < -0.4 is 5.32 Å². The van der Waals surface area contributed by atoms with Crippen LogP contribution in [0.15, 0.2) is 0 Å². The fourth-order valence-corrected chi connectivity index (χ4v) is 3.19. The molecule has 0 radical (unpaired) electrons. The number of nitrogens with one attached hydrogen (secondary N) is 1. The van der Waals surface area contributed by atoms with E-state index in [0.29, 0.717) is 24.3 Å². The van der Waals surface area contributed by atoms with Gasteiger partial charge in [0, 0.05) is 12.1 Å². The summed E-state index contributed by atoms with van der Waals surface area (Å²) in [6, 6.07) is 1.26. The molecule has 1 saturated heterocycles. The first-order chi connectivity index (χ1) is 9.05. The van der Waals surface area contributed by atoms with Crippen molar-refractivity contribution >= 4 is 0 Å². The smallest absolute Gasteiger partial charge is 0.0565 e. The van der Waals surface area contributed by atoms with Crippen LogP contribution in [0.4, 0.5) is 0 Å². The highest BCUT2D eigenvalue weighted by Gasteiger charge is 2.24. The Morgan fingerprint density at radius 2 is 1.74 bits per heavy atom. The summed E-state index contributed by atoms with van der Waals surface area (Å²) in [4.78, 5) is 2.51. The lowest BCUT2D eigenvalue weighted by Crippen LogP contribution is -2.45.